The summed E-state index contributed by atoms with van der Waals surface area (Å²) < 4.78 is 2.99. The number of carbonyl (C=O) groups is 1. The Morgan fingerprint density at radius 1 is 1.00 bits per heavy atom. The van der Waals surface area contributed by atoms with E-state index in [1.807, 2.05) is 60.7 Å². The summed E-state index contributed by atoms with van der Waals surface area (Å²) in [5.74, 6) is 0.504. The lowest BCUT2D eigenvalue weighted by molar-refractivity contribution is -0.122. The van der Waals surface area contributed by atoms with Gasteiger partial charge in [0.25, 0.3) is 5.91 Å². The number of hydrogen-bond acceptors (Lipinski definition) is 4. The molecule has 7 nitrogen and oxygen atoms in total. The first-order valence-corrected chi connectivity index (χ1v) is 10.0. The minimum Gasteiger partial charge on any atom is -0.281 e. The third-order valence-electron chi connectivity index (χ3n) is 5.09. The lowest BCUT2D eigenvalue weighted by Gasteiger charge is -2.25. The van der Waals surface area contributed by atoms with Crippen molar-refractivity contribution in [1.82, 2.24) is 19.8 Å². The average molecular weight is 391 g/mol. The summed E-state index contributed by atoms with van der Waals surface area (Å²) in [4.78, 5) is 25.4. The van der Waals surface area contributed by atoms with E-state index in [-0.39, 0.29) is 18.1 Å². The van der Waals surface area contributed by atoms with Crippen molar-refractivity contribution >= 4 is 11.6 Å². The van der Waals surface area contributed by atoms with Gasteiger partial charge in [0.05, 0.1) is 12.2 Å². The number of nitrogens with zero attached hydrogens (tertiary/aromatic N) is 4. The van der Waals surface area contributed by atoms with Crippen LogP contribution in [-0.2, 0) is 30.8 Å². The topological polar surface area (TPSA) is 72.2 Å². The van der Waals surface area contributed by atoms with Crippen molar-refractivity contribution in [2.75, 3.05) is 5.01 Å². The van der Waals surface area contributed by atoms with E-state index in [9.17, 15) is 9.59 Å². The number of anilines is 1. The van der Waals surface area contributed by atoms with Crippen LogP contribution in [0.15, 0.2) is 65.5 Å². The second kappa shape index (κ2) is 8.77. The van der Waals surface area contributed by atoms with Crippen LogP contribution in [0.2, 0.25) is 0 Å². The zero-order valence-corrected chi connectivity index (χ0v) is 16.3. The number of amides is 1. The first kappa shape index (κ1) is 19.0. The number of aromatic nitrogens is 3. The maximum absolute atomic E-state index is 12.8. The van der Waals surface area contributed by atoms with Gasteiger partial charge >= 0.3 is 5.69 Å². The summed E-state index contributed by atoms with van der Waals surface area (Å²) in [6.45, 7) is 1.10. The smallest absolute Gasteiger partial charge is 0.281 e. The second-order valence-corrected chi connectivity index (χ2v) is 7.26. The van der Waals surface area contributed by atoms with Crippen LogP contribution in [0.1, 0.15) is 30.7 Å². The molecular weight excluding hydrogens is 366 g/mol. The maximum Gasteiger partial charge on any atom is 0.346 e. The number of hydrazine groups is 1. The molecule has 0 radical (unpaired) electrons. The van der Waals surface area contributed by atoms with Crippen LogP contribution in [0.3, 0.4) is 0 Å². The molecule has 150 valence electrons. The molecule has 4 rings (SSSR count). The fraction of sp³-hybridized carbons (Fsp3) is 0.318. The standard InChI is InChI=1S/C22H25N5O2/c28-21(17-27-22(29)25-15-9-3-8-14-20(25)23-27)24-26(19-12-6-2-7-13-19)16-18-10-4-1-5-11-18/h1-2,4-7,10-13H,3,8-9,14-17H2,(H,24,28). The molecule has 1 N–H and O–H groups in total. The summed E-state index contributed by atoms with van der Waals surface area (Å²) in [5.41, 5.74) is 4.68. The largest absolute Gasteiger partial charge is 0.346 e. The molecule has 0 atom stereocenters. The van der Waals surface area contributed by atoms with Crippen LogP contribution in [-0.4, -0.2) is 20.3 Å². The van der Waals surface area contributed by atoms with Gasteiger partial charge in [-0.3, -0.25) is 19.8 Å². The van der Waals surface area contributed by atoms with E-state index < -0.39 is 0 Å². The zero-order chi connectivity index (χ0) is 20.1. The molecule has 0 spiro atoms. The third kappa shape index (κ3) is 4.56. The lowest BCUT2D eigenvalue weighted by atomic mass is 10.2. The van der Waals surface area contributed by atoms with Crippen LogP contribution in [0.5, 0.6) is 0 Å². The molecule has 1 aliphatic heterocycles. The molecule has 0 saturated carbocycles. The molecule has 3 aromatic rings. The fourth-order valence-corrected chi connectivity index (χ4v) is 3.62. The first-order valence-electron chi connectivity index (χ1n) is 10.0. The van der Waals surface area contributed by atoms with Crippen LogP contribution >= 0.6 is 0 Å². The molecule has 1 aliphatic rings. The molecule has 1 aromatic heterocycles. The molecule has 2 heterocycles. The predicted octanol–water partition coefficient (Wildman–Crippen LogP) is 2.51. The Bertz CT molecular complexity index is 1010. The molecular formula is C22H25N5O2. The van der Waals surface area contributed by atoms with Crippen LogP contribution < -0.4 is 16.1 Å². The normalized spacial score (nSPS) is 13.4. The number of rotatable bonds is 6. The van der Waals surface area contributed by atoms with Gasteiger partial charge in [0.15, 0.2) is 0 Å². The van der Waals surface area contributed by atoms with Gasteiger partial charge in [0.1, 0.15) is 12.4 Å². The van der Waals surface area contributed by atoms with Crippen molar-refractivity contribution in [3.05, 3.63) is 82.5 Å². The summed E-state index contributed by atoms with van der Waals surface area (Å²) in [7, 11) is 0. The van der Waals surface area contributed by atoms with E-state index in [1.54, 1.807) is 9.58 Å². The Labute approximate surface area is 169 Å². The quantitative estimate of drug-likeness (QED) is 0.656. The minimum absolute atomic E-state index is 0.100. The molecule has 2 aromatic carbocycles. The Hall–Kier alpha value is -3.35. The second-order valence-electron chi connectivity index (χ2n) is 7.26. The Balaban J connectivity index is 1.50. The highest BCUT2D eigenvalue weighted by Gasteiger charge is 2.18. The van der Waals surface area contributed by atoms with Gasteiger partial charge in [-0.2, -0.15) is 5.10 Å². The van der Waals surface area contributed by atoms with Crippen molar-refractivity contribution in [1.29, 1.82) is 0 Å². The highest BCUT2D eigenvalue weighted by molar-refractivity contribution is 5.77. The molecule has 0 unspecified atom stereocenters. The van der Waals surface area contributed by atoms with Gasteiger partial charge in [-0.05, 0) is 30.5 Å². The number of para-hydroxylation sites is 1. The SMILES string of the molecule is O=C(Cn1nc2n(c1=O)CCCCC2)NN(Cc1ccccc1)c1ccccc1. The van der Waals surface area contributed by atoms with Crippen molar-refractivity contribution in [3.8, 4) is 0 Å². The van der Waals surface area contributed by atoms with E-state index in [2.05, 4.69) is 10.5 Å². The van der Waals surface area contributed by atoms with Crippen LogP contribution in [0.25, 0.3) is 0 Å². The zero-order valence-electron chi connectivity index (χ0n) is 16.3. The molecule has 0 aliphatic carbocycles. The Kier molecular flexibility index (Phi) is 5.74. The molecule has 29 heavy (non-hydrogen) atoms. The van der Waals surface area contributed by atoms with Gasteiger partial charge < -0.3 is 0 Å². The summed E-state index contributed by atoms with van der Waals surface area (Å²) >= 11 is 0. The van der Waals surface area contributed by atoms with Crippen molar-refractivity contribution < 1.29 is 4.79 Å². The summed E-state index contributed by atoms with van der Waals surface area (Å²) in [6, 6.07) is 19.6. The van der Waals surface area contributed by atoms with Crippen LogP contribution in [0.4, 0.5) is 5.69 Å². The lowest BCUT2D eigenvalue weighted by Crippen LogP contribution is -2.44. The van der Waals surface area contributed by atoms with Crippen molar-refractivity contribution in [2.24, 2.45) is 0 Å². The molecule has 7 heteroatoms. The van der Waals surface area contributed by atoms with Gasteiger partial charge in [-0.15, -0.1) is 0 Å². The van der Waals surface area contributed by atoms with E-state index in [0.29, 0.717) is 13.1 Å². The average Bonchev–Trinajstić information content (AvgIpc) is 2.91. The summed E-state index contributed by atoms with van der Waals surface area (Å²) in [6.07, 6.45) is 3.90. The maximum atomic E-state index is 12.8. The number of fused-ring (bicyclic) bond motifs is 1. The molecule has 1 amide bonds. The highest BCUT2D eigenvalue weighted by Crippen LogP contribution is 2.15. The van der Waals surface area contributed by atoms with E-state index in [4.69, 9.17) is 0 Å². The number of hydrogen-bond donors (Lipinski definition) is 1. The minimum atomic E-state index is -0.278. The van der Waals surface area contributed by atoms with Gasteiger partial charge in [0, 0.05) is 13.0 Å². The van der Waals surface area contributed by atoms with E-state index in [1.165, 1.54) is 4.68 Å². The number of nitrogens with one attached hydrogen (secondary N) is 1. The summed E-state index contributed by atoms with van der Waals surface area (Å²) in [5, 5.41) is 6.20. The first-order chi connectivity index (χ1) is 14.2. The van der Waals surface area contributed by atoms with Gasteiger partial charge in [0.2, 0.25) is 0 Å². The Morgan fingerprint density at radius 3 is 2.48 bits per heavy atom. The molecule has 0 fully saturated rings. The highest BCUT2D eigenvalue weighted by atomic mass is 16.2. The Morgan fingerprint density at radius 2 is 1.72 bits per heavy atom. The van der Waals surface area contributed by atoms with E-state index in [0.717, 1.165) is 42.8 Å². The monoisotopic (exact) mass is 391 g/mol. The number of aryl methyl sites for hydroxylation is 1. The fourth-order valence-electron chi connectivity index (χ4n) is 3.62. The van der Waals surface area contributed by atoms with Gasteiger partial charge in [-0.25, -0.2) is 9.48 Å². The number of carbonyl (C=O) groups excluding carboxylic acids is 1. The van der Waals surface area contributed by atoms with E-state index >= 15 is 0 Å². The van der Waals surface area contributed by atoms with Crippen LogP contribution in [0, 0.1) is 0 Å². The van der Waals surface area contributed by atoms with Crippen molar-refractivity contribution in [3.63, 3.8) is 0 Å². The van der Waals surface area contributed by atoms with Gasteiger partial charge in [-0.1, -0.05) is 55.0 Å². The molecule has 0 bridgehead atoms. The molecule has 0 saturated heterocycles. The van der Waals surface area contributed by atoms with Crippen molar-refractivity contribution in [2.45, 2.75) is 45.3 Å². The predicted molar refractivity (Wildman–Crippen MR) is 111 cm³/mol. The third-order valence-corrected chi connectivity index (χ3v) is 5.09. The number of benzene rings is 2.